The number of aliphatic carboxylic acids is 1. The highest BCUT2D eigenvalue weighted by Crippen LogP contribution is 2.28. The zero-order valence-electron chi connectivity index (χ0n) is 12.4. The maximum Gasteiger partial charge on any atom is 0.329 e. The highest BCUT2D eigenvalue weighted by Gasteiger charge is 2.41. The fourth-order valence-electron chi connectivity index (χ4n) is 3.12. The van der Waals surface area contributed by atoms with Crippen LogP contribution < -0.4 is 10.6 Å². The summed E-state index contributed by atoms with van der Waals surface area (Å²) in [5, 5.41) is 14.9. The molecule has 1 heterocycles. The maximum absolute atomic E-state index is 12.1. The smallest absolute Gasteiger partial charge is 0.329 e. The Morgan fingerprint density at radius 1 is 1.29 bits per heavy atom. The van der Waals surface area contributed by atoms with Crippen molar-refractivity contribution in [3.05, 3.63) is 0 Å². The lowest BCUT2D eigenvalue weighted by molar-refractivity contribution is -0.145. The molecule has 0 aromatic rings. The molecule has 2 fully saturated rings. The van der Waals surface area contributed by atoms with Crippen LogP contribution in [0.5, 0.6) is 0 Å². The maximum atomic E-state index is 12.1. The first-order valence-electron chi connectivity index (χ1n) is 7.49. The molecule has 0 bridgehead atoms. The van der Waals surface area contributed by atoms with Crippen LogP contribution in [-0.4, -0.2) is 53.1 Å². The number of urea groups is 1. The van der Waals surface area contributed by atoms with Crippen LogP contribution in [0.1, 0.15) is 44.9 Å². The van der Waals surface area contributed by atoms with Crippen molar-refractivity contribution in [1.29, 1.82) is 0 Å². The molecule has 1 aliphatic heterocycles. The largest absolute Gasteiger partial charge is 0.480 e. The molecule has 1 atom stereocenters. The molecule has 118 valence electrons. The van der Waals surface area contributed by atoms with Gasteiger partial charge in [0.25, 0.3) is 0 Å². The third-order valence-corrected chi connectivity index (χ3v) is 4.43. The second-order valence-electron chi connectivity index (χ2n) is 6.06. The quantitative estimate of drug-likeness (QED) is 0.714. The van der Waals surface area contributed by atoms with E-state index < -0.39 is 17.5 Å². The summed E-state index contributed by atoms with van der Waals surface area (Å²) < 4.78 is 0. The molecule has 7 heteroatoms. The van der Waals surface area contributed by atoms with E-state index >= 15 is 0 Å². The minimum Gasteiger partial charge on any atom is -0.480 e. The lowest BCUT2D eigenvalue weighted by Crippen LogP contribution is -2.60. The van der Waals surface area contributed by atoms with Crippen molar-refractivity contribution in [2.45, 2.75) is 56.5 Å². The Morgan fingerprint density at radius 3 is 2.52 bits per heavy atom. The summed E-state index contributed by atoms with van der Waals surface area (Å²) >= 11 is 0. The SMILES string of the molecule is CN1CC(NC(=O)NC2(C(=O)O)CCCCC2)CCC1=O. The summed E-state index contributed by atoms with van der Waals surface area (Å²) in [6, 6.07) is -0.575. The van der Waals surface area contributed by atoms with Crippen molar-refractivity contribution in [2.24, 2.45) is 0 Å². The van der Waals surface area contributed by atoms with Crippen LogP contribution in [0.4, 0.5) is 4.79 Å². The molecule has 1 unspecified atom stereocenters. The van der Waals surface area contributed by atoms with Crippen molar-refractivity contribution in [3.8, 4) is 0 Å². The van der Waals surface area contributed by atoms with Gasteiger partial charge in [-0.05, 0) is 19.3 Å². The van der Waals surface area contributed by atoms with Gasteiger partial charge in [0.05, 0.1) is 0 Å². The molecule has 2 rings (SSSR count). The van der Waals surface area contributed by atoms with Gasteiger partial charge in [-0.25, -0.2) is 9.59 Å². The van der Waals surface area contributed by atoms with E-state index in [2.05, 4.69) is 10.6 Å². The van der Waals surface area contributed by atoms with E-state index in [9.17, 15) is 19.5 Å². The summed E-state index contributed by atoms with van der Waals surface area (Å²) in [6.45, 7) is 0.465. The van der Waals surface area contributed by atoms with Crippen LogP contribution in [0, 0.1) is 0 Å². The van der Waals surface area contributed by atoms with E-state index in [0.717, 1.165) is 19.3 Å². The monoisotopic (exact) mass is 297 g/mol. The van der Waals surface area contributed by atoms with Crippen LogP contribution in [0.2, 0.25) is 0 Å². The zero-order valence-corrected chi connectivity index (χ0v) is 12.4. The van der Waals surface area contributed by atoms with Gasteiger partial charge in [0.1, 0.15) is 5.54 Å². The number of rotatable bonds is 3. The summed E-state index contributed by atoms with van der Waals surface area (Å²) in [7, 11) is 1.70. The van der Waals surface area contributed by atoms with Crippen molar-refractivity contribution in [3.63, 3.8) is 0 Å². The Labute approximate surface area is 124 Å². The third kappa shape index (κ3) is 3.65. The first-order chi connectivity index (χ1) is 9.93. The summed E-state index contributed by atoms with van der Waals surface area (Å²) in [4.78, 5) is 36.6. The number of nitrogens with one attached hydrogen (secondary N) is 2. The zero-order chi connectivity index (χ0) is 15.5. The van der Waals surface area contributed by atoms with Gasteiger partial charge in [0, 0.05) is 26.1 Å². The van der Waals surface area contributed by atoms with Crippen molar-refractivity contribution < 1.29 is 19.5 Å². The molecule has 3 amide bonds. The molecule has 0 aromatic heterocycles. The van der Waals surface area contributed by atoms with E-state index in [1.807, 2.05) is 0 Å². The van der Waals surface area contributed by atoms with Gasteiger partial charge in [0.15, 0.2) is 0 Å². The molecule has 1 aliphatic carbocycles. The van der Waals surface area contributed by atoms with E-state index in [1.54, 1.807) is 11.9 Å². The second kappa shape index (κ2) is 6.32. The Hall–Kier alpha value is -1.79. The van der Waals surface area contributed by atoms with Crippen LogP contribution in [0.3, 0.4) is 0 Å². The Morgan fingerprint density at radius 2 is 1.95 bits per heavy atom. The van der Waals surface area contributed by atoms with E-state index in [0.29, 0.717) is 32.2 Å². The fraction of sp³-hybridized carbons (Fsp3) is 0.786. The highest BCUT2D eigenvalue weighted by atomic mass is 16.4. The number of amides is 3. The average molecular weight is 297 g/mol. The number of hydrogen-bond acceptors (Lipinski definition) is 3. The molecule has 7 nitrogen and oxygen atoms in total. The first-order valence-corrected chi connectivity index (χ1v) is 7.49. The van der Waals surface area contributed by atoms with Gasteiger partial charge in [-0.3, -0.25) is 4.79 Å². The van der Waals surface area contributed by atoms with Crippen molar-refractivity contribution in [1.82, 2.24) is 15.5 Å². The highest BCUT2D eigenvalue weighted by molar-refractivity contribution is 5.86. The fourth-order valence-corrected chi connectivity index (χ4v) is 3.12. The molecular formula is C14H23N3O4. The van der Waals surface area contributed by atoms with E-state index in [4.69, 9.17) is 0 Å². The minimum absolute atomic E-state index is 0.0720. The van der Waals surface area contributed by atoms with Crippen LogP contribution in [0.25, 0.3) is 0 Å². The van der Waals surface area contributed by atoms with Gasteiger partial charge in [-0.15, -0.1) is 0 Å². The molecule has 3 N–H and O–H groups in total. The topological polar surface area (TPSA) is 98.7 Å². The minimum atomic E-state index is -1.14. The molecule has 21 heavy (non-hydrogen) atoms. The number of hydrogen-bond donors (Lipinski definition) is 3. The molecule has 0 spiro atoms. The lowest BCUT2D eigenvalue weighted by Gasteiger charge is -2.35. The lowest BCUT2D eigenvalue weighted by atomic mass is 9.82. The number of carboxylic acid groups (broad SMARTS) is 1. The van der Waals surface area contributed by atoms with Crippen LogP contribution >= 0.6 is 0 Å². The van der Waals surface area contributed by atoms with Gasteiger partial charge >= 0.3 is 12.0 Å². The number of likely N-dealkylation sites (tertiary alicyclic amines) is 1. The number of likely N-dealkylation sites (N-methyl/N-ethyl adjacent to an activating group) is 1. The molecule has 2 aliphatic rings. The predicted molar refractivity (Wildman–Crippen MR) is 75.8 cm³/mol. The molecule has 1 saturated carbocycles. The van der Waals surface area contributed by atoms with E-state index in [1.165, 1.54) is 0 Å². The standard InChI is InChI=1S/C14H23N3O4/c1-17-9-10(5-6-11(17)18)15-13(21)16-14(12(19)20)7-3-2-4-8-14/h10H,2-9H2,1H3,(H,19,20)(H2,15,16,21). The first kappa shape index (κ1) is 15.6. The van der Waals surface area contributed by atoms with Crippen molar-refractivity contribution >= 4 is 17.9 Å². The molecule has 0 radical (unpaired) electrons. The van der Waals surface area contributed by atoms with E-state index in [-0.39, 0.29) is 11.9 Å². The summed E-state index contributed by atoms with van der Waals surface area (Å²) in [5.41, 5.74) is -1.14. The van der Waals surface area contributed by atoms with Gasteiger partial charge < -0.3 is 20.6 Å². The number of nitrogens with zero attached hydrogens (tertiary/aromatic N) is 1. The van der Waals surface area contributed by atoms with Crippen LogP contribution in [-0.2, 0) is 9.59 Å². The van der Waals surface area contributed by atoms with Gasteiger partial charge in [-0.2, -0.15) is 0 Å². The van der Waals surface area contributed by atoms with Gasteiger partial charge in [-0.1, -0.05) is 19.3 Å². The Bertz CT molecular complexity index is 432. The average Bonchev–Trinajstić information content (AvgIpc) is 2.43. The predicted octanol–water partition coefficient (Wildman–Crippen LogP) is 0.694. The number of carboxylic acids is 1. The number of carbonyl (C=O) groups excluding carboxylic acids is 2. The molecule has 0 aromatic carbocycles. The molecular weight excluding hydrogens is 274 g/mol. The number of carbonyl (C=O) groups is 3. The summed E-state index contributed by atoms with van der Waals surface area (Å²) in [5.74, 6) is -0.893. The number of piperidine rings is 1. The third-order valence-electron chi connectivity index (χ3n) is 4.43. The van der Waals surface area contributed by atoms with Crippen LogP contribution in [0.15, 0.2) is 0 Å². The molecule has 1 saturated heterocycles. The second-order valence-corrected chi connectivity index (χ2v) is 6.06. The normalized spacial score (nSPS) is 25.3. The van der Waals surface area contributed by atoms with Gasteiger partial charge in [0.2, 0.25) is 5.91 Å². The Balaban J connectivity index is 1.91. The van der Waals surface area contributed by atoms with Crippen molar-refractivity contribution in [2.75, 3.05) is 13.6 Å². The summed E-state index contributed by atoms with van der Waals surface area (Å²) in [6.07, 6.45) is 4.58. The Kier molecular flexibility index (Phi) is 4.69.